The van der Waals surface area contributed by atoms with Crippen molar-refractivity contribution >= 4 is 15.9 Å². The summed E-state index contributed by atoms with van der Waals surface area (Å²) in [5.41, 5.74) is 0.855. The van der Waals surface area contributed by atoms with E-state index in [1.165, 1.54) is 25.7 Å². The highest BCUT2D eigenvalue weighted by Gasteiger charge is 2.25. The first kappa shape index (κ1) is 14.0. The van der Waals surface area contributed by atoms with E-state index in [4.69, 9.17) is 0 Å². The minimum absolute atomic E-state index is 0.0785. The van der Waals surface area contributed by atoms with E-state index in [0.29, 0.717) is 12.0 Å². The van der Waals surface area contributed by atoms with Crippen molar-refractivity contribution in [3.05, 3.63) is 34.1 Å². The molecule has 1 aromatic rings. The zero-order valence-corrected chi connectivity index (χ0v) is 12.5. The summed E-state index contributed by atoms with van der Waals surface area (Å²) in [5, 5.41) is 3.55. The van der Waals surface area contributed by atoms with Crippen LogP contribution in [0.15, 0.2) is 22.7 Å². The molecule has 1 nitrogen and oxygen atoms in total. The maximum Gasteiger partial charge on any atom is 0.127 e. The van der Waals surface area contributed by atoms with E-state index >= 15 is 0 Å². The van der Waals surface area contributed by atoms with Gasteiger partial charge in [-0.2, -0.15) is 0 Å². The van der Waals surface area contributed by atoms with E-state index in [2.05, 4.69) is 28.2 Å². The third-order valence-electron chi connectivity index (χ3n) is 3.87. The molecule has 1 aliphatic carbocycles. The van der Waals surface area contributed by atoms with Crippen molar-refractivity contribution in [3.63, 3.8) is 0 Å². The van der Waals surface area contributed by atoms with Gasteiger partial charge in [-0.25, -0.2) is 4.39 Å². The monoisotopic (exact) mass is 313 g/mol. The molecule has 100 valence electrons. The standard InChI is InChI=1S/C15H21BrFN/c1-2-18-15-6-4-3-5-12(15)9-11-7-8-13(16)10-14(11)17/h7-8,10,12,15,18H,2-6,9H2,1H3. The second-order valence-electron chi connectivity index (χ2n) is 5.15. The van der Waals surface area contributed by atoms with Crippen molar-refractivity contribution < 1.29 is 4.39 Å². The van der Waals surface area contributed by atoms with Crippen LogP contribution in [-0.2, 0) is 6.42 Å². The molecular formula is C15H21BrFN. The van der Waals surface area contributed by atoms with Crippen molar-refractivity contribution in [1.29, 1.82) is 0 Å². The van der Waals surface area contributed by atoms with Gasteiger partial charge in [-0.15, -0.1) is 0 Å². The van der Waals surface area contributed by atoms with Gasteiger partial charge < -0.3 is 5.32 Å². The van der Waals surface area contributed by atoms with Crippen molar-refractivity contribution in [1.82, 2.24) is 5.32 Å². The van der Waals surface area contributed by atoms with Crippen molar-refractivity contribution in [2.75, 3.05) is 6.54 Å². The van der Waals surface area contributed by atoms with E-state index < -0.39 is 0 Å². The molecule has 0 bridgehead atoms. The highest BCUT2D eigenvalue weighted by Crippen LogP contribution is 2.29. The first-order chi connectivity index (χ1) is 8.70. The normalized spacial score (nSPS) is 24.2. The molecule has 1 aliphatic rings. The molecule has 3 heteroatoms. The van der Waals surface area contributed by atoms with E-state index in [1.807, 2.05) is 12.1 Å². The molecule has 0 spiro atoms. The predicted molar refractivity (Wildman–Crippen MR) is 77.2 cm³/mol. The summed E-state index contributed by atoms with van der Waals surface area (Å²) in [7, 11) is 0. The zero-order chi connectivity index (χ0) is 13.0. The minimum atomic E-state index is -0.0785. The van der Waals surface area contributed by atoms with Crippen LogP contribution in [0.1, 0.15) is 38.2 Å². The number of hydrogen-bond donors (Lipinski definition) is 1. The van der Waals surface area contributed by atoms with Gasteiger partial charge in [0.2, 0.25) is 0 Å². The molecular weight excluding hydrogens is 293 g/mol. The van der Waals surface area contributed by atoms with Gasteiger partial charge in [0, 0.05) is 10.5 Å². The Morgan fingerprint density at radius 2 is 2.11 bits per heavy atom. The van der Waals surface area contributed by atoms with Gasteiger partial charge in [-0.3, -0.25) is 0 Å². The van der Waals surface area contributed by atoms with Gasteiger partial charge >= 0.3 is 0 Å². The molecule has 2 unspecified atom stereocenters. The molecule has 0 saturated heterocycles. The maximum absolute atomic E-state index is 13.9. The molecule has 18 heavy (non-hydrogen) atoms. The Morgan fingerprint density at radius 3 is 2.83 bits per heavy atom. The van der Waals surface area contributed by atoms with Gasteiger partial charge in [0.25, 0.3) is 0 Å². The molecule has 1 fully saturated rings. The Bertz CT molecular complexity index is 392. The lowest BCUT2D eigenvalue weighted by Gasteiger charge is -2.32. The molecule has 0 aliphatic heterocycles. The van der Waals surface area contributed by atoms with Crippen LogP contribution in [0.4, 0.5) is 4.39 Å². The fourth-order valence-corrected chi connectivity index (χ4v) is 3.29. The Labute approximate surface area is 117 Å². The Balaban J connectivity index is 2.06. The highest BCUT2D eigenvalue weighted by molar-refractivity contribution is 9.10. The highest BCUT2D eigenvalue weighted by atomic mass is 79.9. The topological polar surface area (TPSA) is 12.0 Å². The Morgan fingerprint density at radius 1 is 1.33 bits per heavy atom. The van der Waals surface area contributed by atoms with Crippen LogP contribution in [0.25, 0.3) is 0 Å². The average molecular weight is 314 g/mol. The van der Waals surface area contributed by atoms with Gasteiger partial charge in [0.05, 0.1) is 0 Å². The molecule has 0 aromatic heterocycles. The molecule has 1 saturated carbocycles. The number of nitrogens with one attached hydrogen (secondary N) is 1. The second kappa shape index (κ2) is 6.67. The van der Waals surface area contributed by atoms with Crippen LogP contribution < -0.4 is 5.32 Å². The molecule has 0 amide bonds. The van der Waals surface area contributed by atoms with Crippen LogP contribution in [-0.4, -0.2) is 12.6 Å². The van der Waals surface area contributed by atoms with E-state index in [-0.39, 0.29) is 5.82 Å². The van der Waals surface area contributed by atoms with E-state index in [1.54, 1.807) is 6.07 Å². The fourth-order valence-electron chi connectivity index (χ4n) is 2.95. The molecule has 1 N–H and O–H groups in total. The summed E-state index contributed by atoms with van der Waals surface area (Å²) in [4.78, 5) is 0. The molecule has 2 atom stereocenters. The lowest BCUT2D eigenvalue weighted by atomic mass is 9.80. The summed E-state index contributed by atoms with van der Waals surface area (Å²) >= 11 is 3.31. The fraction of sp³-hybridized carbons (Fsp3) is 0.600. The van der Waals surface area contributed by atoms with Crippen LogP contribution >= 0.6 is 15.9 Å². The third-order valence-corrected chi connectivity index (χ3v) is 4.37. The Hall–Kier alpha value is -0.410. The van der Waals surface area contributed by atoms with Crippen LogP contribution in [0.3, 0.4) is 0 Å². The van der Waals surface area contributed by atoms with Crippen molar-refractivity contribution in [3.8, 4) is 0 Å². The van der Waals surface area contributed by atoms with Gasteiger partial charge in [-0.1, -0.05) is 41.8 Å². The lowest BCUT2D eigenvalue weighted by molar-refractivity contribution is 0.262. The van der Waals surface area contributed by atoms with Crippen molar-refractivity contribution in [2.24, 2.45) is 5.92 Å². The number of hydrogen-bond acceptors (Lipinski definition) is 1. The van der Waals surface area contributed by atoms with Crippen molar-refractivity contribution in [2.45, 2.75) is 45.1 Å². The lowest BCUT2D eigenvalue weighted by Crippen LogP contribution is -2.39. The third kappa shape index (κ3) is 3.55. The maximum atomic E-state index is 13.9. The molecule has 1 aromatic carbocycles. The van der Waals surface area contributed by atoms with Gasteiger partial charge in [0.15, 0.2) is 0 Å². The molecule has 0 radical (unpaired) electrons. The number of halogens is 2. The minimum Gasteiger partial charge on any atom is -0.314 e. The average Bonchev–Trinajstić information content (AvgIpc) is 2.35. The smallest absolute Gasteiger partial charge is 0.127 e. The van der Waals surface area contributed by atoms with Crippen LogP contribution in [0, 0.1) is 11.7 Å². The zero-order valence-electron chi connectivity index (χ0n) is 10.9. The molecule has 0 heterocycles. The summed E-state index contributed by atoms with van der Waals surface area (Å²) in [6, 6.07) is 5.98. The first-order valence-corrected chi connectivity index (χ1v) is 7.67. The quantitative estimate of drug-likeness (QED) is 0.874. The number of rotatable bonds is 4. The first-order valence-electron chi connectivity index (χ1n) is 6.88. The second-order valence-corrected chi connectivity index (χ2v) is 6.06. The summed E-state index contributed by atoms with van der Waals surface area (Å²) in [6.07, 6.45) is 5.89. The van der Waals surface area contributed by atoms with Crippen LogP contribution in [0.2, 0.25) is 0 Å². The SMILES string of the molecule is CCNC1CCCCC1Cc1ccc(Br)cc1F. The van der Waals surface area contributed by atoms with E-state index in [0.717, 1.165) is 23.0 Å². The summed E-state index contributed by atoms with van der Waals surface area (Å²) in [6.45, 7) is 3.15. The van der Waals surface area contributed by atoms with E-state index in [9.17, 15) is 4.39 Å². The van der Waals surface area contributed by atoms with Crippen LogP contribution in [0.5, 0.6) is 0 Å². The Kier molecular flexibility index (Phi) is 5.19. The predicted octanol–water partition coefficient (Wildman–Crippen LogP) is 4.30. The number of benzene rings is 1. The van der Waals surface area contributed by atoms with Gasteiger partial charge in [0.1, 0.15) is 5.82 Å². The summed E-state index contributed by atoms with van der Waals surface area (Å²) in [5.74, 6) is 0.500. The largest absolute Gasteiger partial charge is 0.314 e. The van der Waals surface area contributed by atoms with Gasteiger partial charge in [-0.05, 0) is 49.4 Å². The molecule has 2 rings (SSSR count). The summed E-state index contributed by atoms with van der Waals surface area (Å²) < 4.78 is 14.7.